The topological polar surface area (TPSA) is 39.3 Å². The Kier molecular flexibility index (Phi) is 8.67. The Morgan fingerprint density at radius 1 is 0.605 bits per heavy atom. The lowest BCUT2D eigenvalue weighted by atomic mass is 9.87. The summed E-state index contributed by atoms with van der Waals surface area (Å²) in [6.45, 7) is 14.5. The number of rotatable bonds is 11. The maximum absolute atomic E-state index is 13.7. The van der Waals surface area contributed by atoms with Crippen molar-refractivity contribution in [3.8, 4) is 0 Å². The fourth-order valence-electron chi connectivity index (χ4n) is 6.31. The number of hydrogen-bond acceptors (Lipinski definition) is 6. The smallest absolute Gasteiger partial charge is 0.341 e. The summed E-state index contributed by atoms with van der Waals surface area (Å²) >= 11 is 0. The zero-order chi connectivity index (χ0) is 30.7. The molecule has 1 aliphatic heterocycles. The van der Waals surface area contributed by atoms with Crippen molar-refractivity contribution >= 4 is 34.4 Å². The van der Waals surface area contributed by atoms with Crippen LogP contribution in [0.1, 0.15) is 54.7 Å². The first kappa shape index (κ1) is 30.0. The van der Waals surface area contributed by atoms with E-state index in [2.05, 4.69) is 121 Å². The average Bonchev–Trinajstić information content (AvgIpc) is 3.32. The van der Waals surface area contributed by atoms with Crippen molar-refractivity contribution in [2.24, 2.45) is 0 Å². The second-order valence-corrected chi connectivity index (χ2v) is 11.2. The third-order valence-corrected chi connectivity index (χ3v) is 8.63. The third kappa shape index (κ3) is 5.31. The van der Waals surface area contributed by atoms with E-state index in [-0.39, 0.29) is 5.97 Å². The number of carbonyl (C=O) groups is 1. The molecule has 0 radical (unpaired) electrons. The van der Waals surface area contributed by atoms with E-state index >= 15 is 0 Å². The van der Waals surface area contributed by atoms with Crippen LogP contribution in [0, 0.1) is 6.92 Å². The second-order valence-electron chi connectivity index (χ2n) is 11.2. The van der Waals surface area contributed by atoms with E-state index in [1.807, 2.05) is 38.4 Å². The van der Waals surface area contributed by atoms with Crippen molar-refractivity contribution in [1.82, 2.24) is 0 Å². The van der Waals surface area contributed by atoms with Crippen LogP contribution in [0.15, 0.2) is 91.0 Å². The van der Waals surface area contributed by atoms with Crippen molar-refractivity contribution in [3.63, 3.8) is 0 Å². The summed E-state index contributed by atoms with van der Waals surface area (Å²) in [4.78, 5) is 22.6. The van der Waals surface area contributed by atoms with Crippen LogP contribution in [0.25, 0.3) is 0 Å². The van der Waals surface area contributed by atoms with Gasteiger partial charge in [-0.15, -0.1) is 0 Å². The van der Waals surface area contributed by atoms with Crippen molar-refractivity contribution in [3.05, 3.63) is 113 Å². The lowest BCUT2D eigenvalue weighted by molar-refractivity contribution is 0.0132. The lowest BCUT2D eigenvalue weighted by Crippen LogP contribution is -2.45. The molecular formula is C37H44N4O2. The zero-order valence-corrected chi connectivity index (χ0v) is 26.6. The highest BCUT2D eigenvalue weighted by atomic mass is 16.6. The standard InChI is InChI=1S/C37H44N4O2/c1-8-39(9-2)28-16-20-30(21-17-28)41(31-22-18-29(19-23-31)40(10-3)11-4)37(34-25-24-32(38(6)7)26-27(34)5)35-15-13-12-14-33(35)36(42)43-37/h12-26H,8-11H2,1-7H3. The normalized spacial score (nSPS) is 15.6. The van der Waals surface area contributed by atoms with E-state index in [9.17, 15) is 4.79 Å². The minimum Gasteiger partial charge on any atom is -0.426 e. The molecule has 0 N–H and O–H groups in total. The number of hydrogen-bond donors (Lipinski definition) is 0. The van der Waals surface area contributed by atoms with Gasteiger partial charge in [0.1, 0.15) is 0 Å². The van der Waals surface area contributed by atoms with E-state index in [0.29, 0.717) is 5.56 Å². The van der Waals surface area contributed by atoms with Gasteiger partial charge in [-0.1, -0.05) is 24.3 Å². The van der Waals surface area contributed by atoms with Gasteiger partial charge in [0.15, 0.2) is 0 Å². The Bertz CT molecular complexity index is 1500. The van der Waals surface area contributed by atoms with Gasteiger partial charge in [-0.3, -0.25) is 4.90 Å². The van der Waals surface area contributed by atoms with E-state index in [1.165, 1.54) is 0 Å². The van der Waals surface area contributed by atoms with Gasteiger partial charge in [0, 0.05) is 79.8 Å². The molecular weight excluding hydrogens is 532 g/mol. The summed E-state index contributed by atoms with van der Waals surface area (Å²) in [5, 5.41) is 0. The van der Waals surface area contributed by atoms with Gasteiger partial charge in [0.05, 0.1) is 5.56 Å². The van der Waals surface area contributed by atoms with Gasteiger partial charge in [0.25, 0.3) is 0 Å². The van der Waals surface area contributed by atoms with E-state index in [1.54, 1.807) is 0 Å². The van der Waals surface area contributed by atoms with Crippen molar-refractivity contribution in [2.45, 2.75) is 40.3 Å². The Hall–Kier alpha value is -4.45. The Morgan fingerprint density at radius 3 is 1.53 bits per heavy atom. The Morgan fingerprint density at radius 2 is 1.07 bits per heavy atom. The molecule has 0 aromatic heterocycles. The molecule has 43 heavy (non-hydrogen) atoms. The molecule has 1 atom stereocenters. The van der Waals surface area contributed by atoms with E-state index in [4.69, 9.17) is 4.74 Å². The number of benzene rings is 4. The van der Waals surface area contributed by atoms with Crippen LogP contribution in [0.3, 0.4) is 0 Å². The van der Waals surface area contributed by atoms with Gasteiger partial charge in [-0.2, -0.15) is 0 Å². The minimum atomic E-state index is -1.21. The van der Waals surface area contributed by atoms with Gasteiger partial charge in [-0.25, -0.2) is 4.79 Å². The summed E-state index contributed by atoms with van der Waals surface area (Å²) in [6, 6.07) is 31.4. The first-order chi connectivity index (χ1) is 20.8. The van der Waals surface area contributed by atoms with Crippen molar-refractivity contribution in [1.29, 1.82) is 0 Å². The average molecular weight is 577 g/mol. The fraction of sp³-hybridized carbons (Fsp3) is 0.324. The highest BCUT2D eigenvalue weighted by molar-refractivity contribution is 5.97. The lowest BCUT2D eigenvalue weighted by Gasteiger charge is -2.43. The Balaban J connectivity index is 1.79. The number of carbonyl (C=O) groups excluding carboxylic acids is 1. The first-order valence-corrected chi connectivity index (χ1v) is 15.4. The molecule has 224 valence electrons. The first-order valence-electron chi connectivity index (χ1n) is 15.4. The Labute approximate surface area is 257 Å². The number of esters is 1. The minimum absolute atomic E-state index is 0.323. The molecule has 0 amide bonds. The number of anilines is 5. The monoisotopic (exact) mass is 576 g/mol. The molecule has 1 heterocycles. The highest BCUT2D eigenvalue weighted by Crippen LogP contribution is 2.51. The number of cyclic esters (lactones) is 1. The van der Waals surface area contributed by atoms with Crippen molar-refractivity contribution in [2.75, 3.05) is 59.9 Å². The highest BCUT2D eigenvalue weighted by Gasteiger charge is 2.53. The van der Waals surface area contributed by atoms with Gasteiger partial charge < -0.3 is 19.4 Å². The molecule has 5 rings (SSSR count). The predicted octanol–water partition coefficient (Wildman–Crippen LogP) is 7.96. The SMILES string of the molecule is CCN(CC)c1ccc(N(c2ccc(N(CC)CC)cc2)C2(c3ccc(N(C)C)cc3C)OC(=O)c3ccccc32)cc1. The van der Waals surface area contributed by atoms with Gasteiger partial charge >= 0.3 is 5.97 Å². The van der Waals surface area contributed by atoms with Crippen LogP contribution in [-0.4, -0.2) is 46.2 Å². The van der Waals surface area contributed by atoms with Crippen LogP contribution in [0.2, 0.25) is 0 Å². The van der Waals surface area contributed by atoms with Crippen LogP contribution in [0.4, 0.5) is 28.4 Å². The molecule has 4 aromatic carbocycles. The molecule has 0 saturated carbocycles. The zero-order valence-electron chi connectivity index (χ0n) is 26.6. The molecule has 0 bridgehead atoms. The number of nitrogens with zero attached hydrogens (tertiary/aromatic N) is 4. The largest absolute Gasteiger partial charge is 0.426 e. The van der Waals surface area contributed by atoms with E-state index in [0.717, 1.165) is 71.3 Å². The van der Waals surface area contributed by atoms with E-state index < -0.39 is 5.72 Å². The maximum atomic E-state index is 13.7. The molecule has 6 nitrogen and oxygen atoms in total. The molecule has 1 aliphatic rings. The predicted molar refractivity (Wildman–Crippen MR) is 180 cm³/mol. The number of fused-ring (bicyclic) bond motifs is 1. The molecule has 0 aliphatic carbocycles. The second kappa shape index (κ2) is 12.4. The molecule has 0 fully saturated rings. The van der Waals surface area contributed by atoms with Gasteiger partial charge in [-0.05, 0) is 107 Å². The quantitative estimate of drug-likeness (QED) is 0.169. The molecule has 6 heteroatoms. The molecule has 0 saturated heterocycles. The van der Waals surface area contributed by atoms with Crippen molar-refractivity contribution < 1.29 is 9.53 Å². The van der Waals surface area contributed by atoms with Gasteiger partial charge in [0.2, 0.25) is 5.72 Å². The van der Waals surface area contributed by atoms with Crippen LogP contribution < -0.4 is 19.6 Å². The summed E-state index contributed by atoms with van der Waals surface area (Å²) in [6.07, 6.45) is 0. The number of ether oxygens (including phenoxy) is 1. The van der Waals surface area contributed by atoms with Crippen LogP contribution >= 0.6 is 0 Å². The number of aryl methyl sites for hydroxylation is 1. The molecule has 1 unspecified atom stereocenters. The van der Waals surface area contributed by atoms with Crippen LogP contribution in [-0.2, 0) is 10.5 Å². The third-order valence-electron chi connectivity index (χ3n) is 8.63. The molecule has 0 spiro atoms. The summed E-state index contributed by atoms with van der Waals surface area (Å²) in [5.74, 6) is -0.323. The summed E-state index contributed by atoms with van der Waals surface area (Å²) in [7, 11) is 4.08. The summed E-state index contributed by atoms with van der Waals surface area (Å²) < 4.78 is 6.65. The van der Waals surface area contributed by atoms with Crippen LogP contribution in [0.5, 0.6) is 0 Å². The maximum Gasteiger partial charge on any atom is 0.341 e. The summed E-state index contributed by atoms with van der Waals surface area (Å²) in [5.41, 5.74) is 7.47. The fourth-order valence-corrected chi connectivity index (χ4v) is 6.31. The molecule has 4 aromatic rings.